The Morgan fingerprint density at radius 1 is 0.655 bits per heavy atom. The molecule has 0 aromatic carbocycles. The number of cyclic esters (lactones) is 1. The molecule has 22 atom stereocenters. The van der Waals surface area contributed by atoms with Crippen LogP contribution in [0.15, 0.2) is 0 Å². The number of carbonyl (C=O) groups is 16. The second-order valence-corrected chi connectivity index (χ2v) is 30.9. The van der Waals surface area contributed by atoms with Crippen LogP contribution in [0.3, 0.4) is 0 Å². The molecule has 0 aromatic rings. The van der Waals surface area contributed by atoms with Gasteiger partial charge >= 0.3 is 17.9 Å². The minimum absolute atomic E-state index is 0.0138. The molecule has 23 N–H and O–H groups in total. The van der Waals surface area contributed by atoms with E-state index in [4.69, 9.17) is 32.4 Å². The first-order chi connectivity index (χ1) is 52.8. The number of likely N-dealkylation sites (N-methyl/N-ethyl adjacent to an activating group) is 1. The number of nitrogens with one attached hydrogen (secondary N) is 9. The molecule has 0 aromatic heterocycles. The standard InChI is InChI=1S/C74H129N15O24/c1-15-37(6)31-38(7)59(97)42(11)64(101)80-46(20-18-27-75)65(102)79-45(24-26-54(93)94)60(98)61(99)71(108)86-56(40(9)41(10)63(78)100)68(105)87-58-62(39(8)36(4)5)113-74(111)51-22-16-17-29-89(51)73(110)49(33-55(95)96)83-69(106)57(43(12)112-14)85-53(92)32-44(23-25-52(77)91)88(13)72(109)48(30-35(2)3)82-66(103)47(21-19-28-76)81-67(104)50(34-90)84-70(58)107/h35-51,56-62,90,97-99H,15-34,75-76H2,1-14H3,(H2,77,91)(H2,78,100)(H,79,102)(H,80,101)(H,81,104)(H,82,103)(H,83,106)(H,84,107)(H,85,92)(H,86,108)(H,87,105)(H,93,94)(H,95,96)/t37-,38-,39-,40+,41-,42-,43-,44+,45+,46-,47-,48+,49-,50-,51+,56+,57+,58-,59-,60-,61-,62-/m1/s1. The van der Waals surface area contributed by atoms with E-state index < -0.39 is 254 Å². The number of aliphatic carboxylic acids is 2. The third kappa shape index (κ3) is 31.9. The Balaban J connectivity index is 3.12. The lowest BCUT2D eigenvalue weighted by atomic mass is 9.85. The third-order valence-electron chi connectivity index (χ3n) is 21.4. The Morgan fingerprint density at radius 2 is 1.26 bits per heavy atom. The largest absolute Gasteiger partial charge is 0.481 e. The molecule has 2 rings (SSSR count). The molecule has 0 unspecified atom stereocenters. The summed E-state index contributed by atoms with van der Waals surface area (Å²) in [6, 6.07) is -19.6. The van der Waals surface area contributed by atoms with Crippen molar-refractivity contribution in [3.63, 3.8) is 0 Å². The van der Waals surface area contributed by atoms with Crippen molar-refractivity contribution in [2.24, 2.45) is 70.3 Å². The zero-order valence-electron chi connectivity index (χ0n) is 67.7. The zero-order valence-corrected chi connectivity index (χ0v) is 67.7. The van der Waals surface area contributed by atoms with Gasteiger partial charge in [-0.3, -0.25) is 71.9 Å². The molecule has 2 heterocycles. The SMILES string of the molecule is CC[C@@H](C)C[C@@H](C)[C@@H](O)[C@@H](C)C(=O)N[C@H](CCCN)C(=O)N[C@@H](CCC(=O)O)[C@@H](O)[C@@H](O)C(=O)N[C@H](C(=O)N[C@H]1C(=O)N[C@H](CO)C(=O)N[C@H](CCCN)C(=O)N[C@@H](CC(C)C)C(=O)N(C)[C@@H](CCC(N)=O)CC(=O)N[C@@H]([C@@H](C)OC)C(=O)N[C@H](CC(=O)O)C(=O)N2CCCC[C@H]2C(=O)O[C@@H]1[C@H](C)C(C)C)[C@@H](C)[C@@H](C)C(N)=O. The highest BCUT2D eigenvalue weighted by atomic mass is 16.5. The molecule has 39 heteroatoms. The fourth-order valence-corrected chi connectivity index (χ4v) is 13.3. The molecule has 2 fully saturated rings. The van der Waals surface area contributed by atoms with Gasteiger partial charge in [0.1, 0.15) is 66.6 Å². The normalized spacial score (nSPS) is 24.5. The van der Waals surface area contributed by atoms with Gasteiger partial charge in [-0.15, -0.1) is 0 Å². The molecule has 39 nitrogen and oxygen atoms in total. The topological polar surface area (TPSA) is 632 Å². The first-order valence-corrected chi connectivity index (χ1v) is 38.9. The number of piperidine rings is 1. The number of hydrogen-bond acceptors (Lipinski definition) is 24. The Labute approximate surface area is 660 Å². The Morgan fingerprint density at radius 3 is 1.81 bits per heavy atom. The predicted molar refractivity (Wildman–Crippen MR) is 407 cm³/mol. The zero-order chi connectivity index (χ0) is 86.2. The van der Waals surface area contributed by atoms with E-state index >= 15 is 19.2 Å². The molecule has 0 aliphatic carbocycles. The van der Waals surface area contributed by atoms with E-state index in [1.165, 1.54) is 48.8 Å². The summed E-state index contributed by atoms with van der Waals surface area (Å²) in [4.78, 5) is 229. The highest BCUT2D eigenvalue weighted by Crippen LogP contribution is 2.29. The van der Waals surface area contributed by atoms with E-state index in [-0.39, 0.29) is 102 Å². The van der Waals surface area contributed by atoms with Crippen LogP contribution in [0.4, 0.5) is 0 Å². The number of methoxy groups -OCH3 is 1. The van der Waals surface area contributed by atoms with Gasteiger partial charge in [-0.25, -0.2) is 4.79 Å². The third-order valence-corrected chi connectivity index (χ3v) is 21.4. The maximum absolute atomic E-state index is 15.5. The van der Waals surface area contributed by atoms with Crippen LogP contribution in [0.5, 0.6) is 0 Å². The minimum Gasteiger partial charge on any atom is -0.481 e. The van der Waals surface area contributed by atoms with E-state index in [1.807, 2.05) is 13.8 Å². The maximum atomic E-state index is 15.5. The van der Waals surface area contributed by atoms with E-state index in [9.17, 15) is 88.2 Å². The van der Waals surface area contributed by atoms with Gasteiger partial charge in [0.25, 0.3) is 5.91 Å². The summed E-state index contributed by atoms with van der Waals surface area (Å²) in [5.74, 6) is -25.3. The summed E-state index contributed by atoms with van der Waals surface area (Å²) < 4.78 is 11.7. The first kappa shape index (κ1) is 100. The number of primary amides is 2. The molecule has 0 saturated carbocycles. The van der Waals surface area contributed by atoms with Crippen molar-refractivity contribution in [2.75, 3.05) is 40.4 Å². The highest BCUT2D eigenvalue weighted by Gasteiger charge is 2.48. The number of aliphatic hydroxyl groups excluding tert-OH is 4. The van der Waals surface area contributed by atoms with Gasteiger partial charge in [-0.05, 0) is 126 Å². The molecule has 2 aliphatic rings. The lowest BCUT2D eigenvalue weighted by molar-refractivity contribution is -0.168. The van der Waals surface area contributed by atoms with Gasteiger partial charge in [0.2, 0.25) is 70.9 Å². The number of hydrogen-bond donors (Lipinski definition) is 19. The highest BCUT2D eigenvalue weighted by molar-refractivity contribution is 5.99. The summed E-state index contributed by atoms with van der Waals surface area (Å²) in [5, 5.41) is 88.0. The molecule has 13 amide bonds. The van der Waals surface area contributed by atoms with Gasteiger partial charge in [0.15, 0.2) is 6.10 Å². The monoisotopic (exact) mass is 1610 g/mol. The Bertz CT molecular complexity index is 3220. The van der Waals surface area contributed by atoms with Crippen molar-refractivity contribution in [3.05, 3.63) is 0 Å². The maximum Gasteiger partial charge on any atom is 0.329 e. The lowest BCUT2D eigenvalue weighted by Crippen LogP contribution is -2.65. The number of aliphatic hydroxyl groups is 4. The molecule has 644 valence electrons. The van der Waals surface area contributed by atoms with Crippen LogP contribution < -0.4 is 70.8 Å². The van der Waals surface area contributed by atoms with E-state index in [0.717, 1.165) is 16.2 Å². The summed E-state index contributed by atoms with van der Waals surface area (Å²) in [7, 11) is 2.45. The first-order valence-electron chi connectivity index (χ1n) is 38.9. The number of ether oxygens (including phenoxy) is 2. The Hall–Kier alpha value is -8.76. The Kier molecular flexibility index (Phi) is 43.6. The van der Waals surface area contributed by atoms with Crippen molar-refractivity contribution >= 4 is 94.7 Å². The molecule has 0 spiro atoms. The summed E-state index contributed by atoms with van der Waals surface area (Å²) in [6.07, 6.45) is -12.2. The van der Waals surface area contributed by atoms with Gasteiger partial charge < -0.3 is 121 Å². The number of rotatable bonds is 39. The molecule has 0 bridgehead atoms. The number of fused-ring (bicyclic) bond motifs is 1. The number of amides is 13. The summed E-state index contributed by atoms with van der Waals surface area (Å²) in [5.41, 5.74) is 23.0. The van der Waals surface area contributed by atoms with E-state index in [0.29, 0.717) is 6.42 Å². The lowest BCUT2D eigenvalue weighted by Gasteiger charge is -2.39. The van der Waals surface area contributed by atoms with Gasteiger partial charge in [0, 0.05) is 51.9 Å². The second-order valence-electron chi connectivity index (χ2n) is 30.9. The minimum atomic E-state index is -2.73. The van der Waals surface area contributed by atoms with E-state index in [2.05, 4.69) is 47.9 Å². The number of carboxylic acids is 2. The molecule has 2 saturated heterocycles. The van der Waals surface area contributed by atoms with Crippen LogP contribution in [-0.4, -0.2) is 273 Å². The number of carbonyl (C=O) groups excluding carboxylic acids is 14. The average molecular weight is 1610 g/mol. The second kappa shape index (κ2) is 49.1. The van der Waals surface area contributed by atoms with Gasteiger partial charge in [-0.2, -0.15) is 0 Å². The molecule has 2 aliphatic heterocycles. The van der Waals surface area contributed by atoms with Crippen LogP contribution in [0.25, 0.3) is 0 Å². The smallest absolute Gasteiger partial charge is 0.329 e. The molecule has 0 radical (unpaired) electrons. The average Bonchev–Trinajstić information content (AvgIpc) is 0.809. The van der Waals surface area contributed by atoms with Crippen LogP contribution >= 0.6 is 0 Å². The van der Waals surface area contributed by atoms with Crippen LogP contribution in [0.1, 0.15) is 186 Å². The quantitative estimate of drug-likeness (QED) is 0.0260. The van der Waals surface area contributed by atoms with Crippen molar-refractivity contribution in [2.45, 2.75) is 283 Å². The van der Waals surface area contributed by atoms with E-state index in [1.54, 1.807) is 34.6 Å². The molecular formula is C74H129N15O24. The van der Waals surface area contributed by atoms with Crippen molar-refractivity contribution in [1.82, 2.24) is 57.7 Å². The summed E-state index contributed by atoms with van der Waals surface area (Å²) in [6.45, 7) is 17.4. The van der Waals surface area contributed by atoms with Crippen molar-refractivity contribution < 1.29 is 117 Å². The van der Waals surface area contributed by atoms with Crippen molar-refractivity contribution in [3.8, 4) is 0 Å². The molecule has 113 heavy (non-hydrogen) atoms. The van der Waals surface area contributed by atoms with Crippen LogP contribution in [0.2, 0.25) is 0 Å². The fourth-order valence-electron chi connectivity index (χ4n) is 13.3. The van der Waals surface area contributed by atoms with Crippen LogP contribution in [0, 0.1) is 47.3 Å². The number of esters is 1. The number of nitrogens with two attached hydrogens (primary N) is 4. The van der Waals surface area contributed by atoms with Gasteiger partial charge in [0.05, 0.1) is 37.2 Å². The number of nitrogens with zero attached hydrogens (tertiary/aromatic N) is 2. The summed E-state index contributed by atoms with van der Waals surface area (Å²) >= 11 is 0. The fraction of sp³-hybridized carbons (Fsp3) is 0.784. The predicted octanol–water partition coefficient (Wildman–Crippen LogP) is -4.13. The van der Waals surface area contributed by atoms with Crippen LogP contribution in [-0.2, 0) is 86.2 Å². The number of carboxylic acid groups (broad SMARTS) is 2. The van der Waals surface area contributed by atoms with Gasteiger partial charge in [-0.1, -0.05) is 82.6 Å². The molecular weight excluding hydrogens is 1480 g/mol. The van der Waals surface area contributed by atoms with Crippen molar-refractivity contribution in [1.29, 1.82) is 0 Å².